The average molecular weight is 432 g/mol. The number of hydrogen-bond donors (Lipinski definition) is 1. The van der Waals surface area contributed by atoms with Gasteiger partial charge in [0.15, 0.2) is 0 Å². The van der Waals surface area contributed by atoms with E-state index in [1.165, 1.54) is 12.1 Å². The molecule has 0 bridgehead atoms. The Morgan fingerprint density at radius 2 is 2.07 bits per heavy atom. The highest BCUT2D eigenvalue weighted by Gasteiger charge is 2.32. The Kier molecular flexibility index (Phi) is 5.25. The molecule has 1 saturated heterocycles. The van der Waals surface area contributed by atoms with Gasteiger partial charge in [-0.25, -0.2) is 0 Å². The Balaban J connectivity index is 1.61. The minimum absolute atomic E-state index is 0.123. The molecule has 1 N–H and O–H groups in total. The Labute approximate surface area is 173 Å². The van der Waals surface area contributed by atoms with E-state index in [0.717, 1.165) is 22.7 Å². The minimum atomic E-state index is -4.76. The maximum absolute atomic E-state index is 12.6. The van der Waals surface area contributed by atoms with Crippen LogP contribution in [0, 0.1) is 0 Å². The molecule has 0 spiro atoms. The van der Waals surface area contributed by atoms with Crippen molar-refractivity contribution in [2.75, 3.05) is 7.05 Å². The lowest BCUT2D eigenvalue weighted by atomic mass is 10.1. The second-order valence-corrected chi connectivity index (χ2v) is 7.41. The zero-order valence-electron chi connectivity index (χ0n) is 15.6. The standard InChI is InChI=1S/C20H15F3N4O2S/c1-24-18-17(30-19(28)25-18)9-12-6-7-15-14(8-12)11-27(26-15)10-13-4-2-3-5-16(13)29-20(21,22)23/h2-9,11H,10H2,1H3,(H,24,25,28)/b17-9-. The molecule has 1 aliphatic heterocycles. The minimum Gasteiger partial charge on any atom is -0.405 e. The number of alkyl halides is 3. The van der Waals surface area contributed by atoms with E-state index >= 15 is 0 Å². The first-order chi connectivity index (χ1) is 14.3. The molecule has 3 aromatic rings. The molecule has 2 heterocycles. The van der Waals surface area contributed by atoms with Crippen molar-refractivity contribution in [3.63, 3.8) is 0 Å². The van der Waals surface area contributed by atoms with Gasteiger partial charge in [-0.05, 0) is 41.6 Å². The first kappa shape index (κ1) is 20.0. The largest absolute Gasteiger partial charge is 0.573 e. The van der Waals surface area contributed by atoms with Gasteiger partial charge in [0.05, 0.1) is 17.0 Å². The molecule has 154 valence electrons. The van der Waals surface area contributed by atoms with E-state index in [4.69, 9.17) is 0 Å². The van der Waals surface area contributed by atoms with Crippen LogP contribution in [0.2, 0.25) is 0 Å². The second-order valence-electron chi connectivity index (χ2n) is 6.40. The number of para-hydroxylation sites is 1. The third-order valence-electron chi connectivity index (χ3n) is 4.28. The van der Waals surface area contributed by atoms with Gasteiger partial charge in [-0.15, -0.1) is 13.2 Å². The number of halogens is 3. The van der Waals surface area contributed by atoms with Gasteiger partial charge in [0.1, 0.15) is 11.6 Å². The number of carbonyl (C=O) groups is 1. The van der Waals surface area contributed by atoms with E-state index in [0.29, 0.717) is 21.8 Å². The van der Waals surface area contributed by atoms with Gasteiger partial charge in [0.25, 0.3) is 5.24 Å². The number of benzene rings is 2. The molecule has 0 aliphatic carbocycles. The lowest BCUT2D eigenvalue weighted by Gasteiger charge is -2.13. The van der Waals surface area contributed by atoms with Gasteiger partial charge in [-0.1, -0.05) is 24.3 Å². The van der Waals surface area contributed by atoms with E-state index in [2.05, 4.69) is 20.1 Å². The Morgan fingerprint density at radius 3 is 2.83 bits per heavy atom. The summed E-state index contributed by atoms with van der Waals surface area (Å²) in [6, 6.07) is 11.5. The van der Waals surface area contributed by atoms with Crippen molar-refractivity contribution in [2.45, 2.75) is 12.9 Å². The van der Waals surface area contributed by atoms with E-state index in [1.54, 1.807) is 30.1 Å². The molecule has 4 rings (SSSR count). The Bertz CT molecular complexity index is 1180. The van der Waals surface area contributed by atoms with E-state index in [9.17, 15) is 18.0 Å². The normalized spacial score (nSPS) is 17.1. The second kappa shape index (κ2) is 7.86. The van der Waals surface area contributed by atoms with E-state index in [-0.39, 0.29) is 17.5 Å². The van der Waals surface area contributed by atoms with Crippen LogP contribution in [0.5, 0.6) is 5.75 Å². The summed E-state index contributed by atoms with van der Waals surface area (Å²) in [5.74, 6) is 0.263. The molecular weight excluding hydrogens is 417 g/mol. The summed E-state index contributed by atoms with van der Waals surface area (Å²) < 4.78 is 43.6. The number of amidine groups is 1. The molecule has 1 fully saturated rings. The number of thioether (sulfide) groups is 1. The summed E-state index contributed by atoms with van der Waals surface area (Å²) in [5.41, 5.74) is 1.91. The van der Waals surface area contributed by atoms with Gasteiger partial charge in [0, 0.05) is 24.2 Å². The lowest BCUT2D eigenvalue weighted by Crippen LogP contribution is -2.18. The molecular formula is C20H15F3N4O2S. The summed E-state index contributed by atoms with van der Waals surface area (Å²) in [6.45, 7) is 0.123. The van der Waals surface area contributed by atoms with E-state index < -0.39 is 6.36 Å². The smallest absolute Gasteiger partial charge is 0.405 e. The van der Waals surface area contributed by atoms with Crippen LogP contribution in [0.1, 0.15) is 11.1 Å². The van der Waals surface area contributed by atoms with Crippen molar-refractivity contribution >= 4 is 39.8 Å². The first-order valence-electron chi connectivity index (χ1n) is 8.79. The van der Waals surface area contributed by atoms with Crippen molar-refractivity contribution < 1.29 is 22.7 Å². The quantitative estimate of drug-likeness (QED) is 0.643. The number of amides is 1. The number of hydrogen-bond acceptors (Lipinski definition) is 5. The van der Waals surface area contributed by atoms with Crippen LogP contribution in [-0.2, 0) is 6.54 Å². The van der Waals surface area contributed by atoms with Crippen LogP contribution in [-0.4, -0.2) is 34.3 Å². The molecule has 2 aromatic carbocycles. The number of nitrogens with one attached hydrogen (secondary N) is 1. The molecule has 1 amide bonds. The number of nitrogens with zero attached hydrogens (tertiary/aromatic N) is 3. The van der Waals surface area contributed by atoms with Gasteiger partial charge >= 0.3 is 6.36 Å². The summed E-state index contributed by atoms with van der Waals surface area (Å²) in [5, 5.41) is 7.72. The number of fused-ring (bicyclic) bond motifs is 1. The lowest BCUT2D eigenvalue weighted by molar-refractivity contribution is -0.274. The molecule has 0 atom stereocenters. The zero-order chi connectivity index (χ0) is 21.3. The highest BCUT2D eigenvalue weighted by molar-refractivity contribution is 8.18. The third-order valence-corrected chi connectivity index (χ3v) is 5.10. The Hall–Kier alpha value is -3.27. The van der Waals surface area contributed by atoms with Crippen LogP contribution in [0.15, 0.2) is 58.6 Å². The predicted molar refractivity (Wildman–Crippen MR) is 109 cm³/mol. The molecule has 0 unspecified atom stereocenters. The average Bonchev–Trinajstić information content (AvgIpc) is 3.24. The third kappa shape index (κ3) is 4.48. The van der Waals surface area contributed by atoms with Crippen LogP contribution in [0.4, 0.5) is 18.0 Å². The fourth-order valence-electron chi connectivity index (χ4n) is 3.05. The molecule has 0 saturated carbocycles. The summed E-state index contributed by atoms with van der Waals surface area (Å²) in [7, 11) is 1.60. The monoisotopic (exact) mass is 432 g/mol. The van der Waals surface area contributed by atoms with Crippen molar-refractivity contribution in [3.05, 3.63) is 64.7 Å². The molecule has 0 radical (unpaired) electrons. The van der Waals surface area contributed by atoms with Crippen LogP contribution in [0.25, 0.3) is 17.0 Å². The predicted octanol–water partition coefficient (Wildman–Crippen LogP) is 4.81. The number of aliphatic imine (C=N–C) groups is 1. The SMILES string of the molecule is CN=C1NC(=O)S/C1=C\c1ccc2nn(Cc3ccccc3OC(F)(F)F)cc2c1. The van der Waals surface area contributed by atoms with Gasteiger partial charge in [0.2, 0.25) is 0 Å². The summed E-state index contributed by atoms with van der Waals surface area (Å²) in [4.78, 5) is 16.3. The molecule has 1 aromatic heterocycles. The molecule has 30 heavy (non-hydrogen) atoms. The maximum Gasteiger partial charge on any atom is 0.573 e. The fraction of sp³-hybridized carbons (Fsp3) is 0.150. The molecule has 10 heteroatoms. The maximum atomic E-state index is 12.6. The summed E-state index contributed by atoms with van der Waals surface area (Å²) in [6.07, 6.45) is -1.17. The highest BCUT2D eigenvalue weighted by Crippen LogP contribution is 2.29. The fourth-order valence-corrected chi connectivity index (χ4v) is 3.83. The number of ether oxygens (including phenoxy) is 1. The number of carbonyl (C=O) groups excluding carboxylic acids is 1. The van der Waals surface area contributed by atoms with Crippen LogP contribution in [0.3, 0.4) is 0 Å². The molecule has 6 nitrogen and oxygen atoms in total. The van der Waals surface area contributed by atoms with E-state index in [1.807, 2.05) is 24.3 Å². The highest BCUT2D eigenvalue weighted by atomic mass is 32.2. The van der Waals surface area contributed by atoms with Crippen LogP contribution < -0.4 is 10.1 Å². The van der Waals surface area contributed by atoms with Crippen molar-refractivity contribution in [1.29, 1.82) is 0 Å². The van der Waals surface area contributed by atoms with Crippen molar-refractivity contribution in [3.8, 4) is 5.75 Å². The van der Waals surface area contributed by atoms with Crippen molar-refractivity contribution in [1.82, 2.24) is 15.1 Å². The Morgan fingerprint density at radius 1 is 1.27 bits per heavy atom. The first-order valence-corrected chi connectivity index (χ1v) is 9.61. The molecule has 1 aliphatic rings. The van der Waals surface area contributed by atoms with Gasteiger partial charge in [-0.3, -0.25) is 14.5 Å². The zero-order valence-corrected chi connectivity index (χ0v) is 16.4. The number of rotatable bonds is 4. The number of aromatic nitrogens is 2. The van der Waals surface area contributed by atoms with Crippen LogP contribution >= 0.6 is 11.8 Å². The topological polar surface area (TPSA) is 68.5 Å². The van der Waals surface area contributed by atoms with Gasteiger partial charge in [-0.2, -0.15) is 5.10 Å². The summed E-state index contributed by atoms with van der Waals surface area (Å²) >= 11 is 1.07. The van der Waals surface area contributed by atoms with Gasteiger partial charge < -0.3 is 10.1 Å². The van der Waals surface area contributed by atoms with Crippen molar-refractivity contribution in [2.24, 2.45) is 4.99 Å².